The zero-order valence-electron chi connectivity index (χ0n) is 17.7. The van der Waals surface area contributed by atoms with Crippen LogP contribution in [-0.2, 0) is 9.59 Å². The van der Waals surface area contributed by atoms with Crippen molar-refractivity contribution in [3.63, 3.8) is 0 Å². The topological polar surface area (TPSA) is 96.9 Å². The third kappa shape index (κ3) is 4.16. The number of amides is 2. The normalized spacial score (nSPS) is 28.5. The summed E-state index contributed by atoms with van der Waals surface area (Å²) in [4.78, 5) is 25.0. The van der Waals surface area contributed by atoms with Gasteiger partial charge in [0.2, 0.25) is 0 Å². The molecular formula is C23H20Cl2F2N2O5. The molecule has 2 atom stereocenters. The fraction of sp³-hybridized carbons (Fsp3) is 0.391. The number of aliphatic hydroxyl groups excluding tert-OH is 1. The van der Waals surface area contributed by atoms with Crippen LogP contribution in [0.1, 0.15) is 37.4 Å². The fourth-order valence-corrected chi connectivity index (χ4v) is 5.31. The Bertz CT molecular complexity index is 1170. The smallest absolute Gasteiger partial charge is 0.261 e. The zero-order valence-corrected chi connectivity index (χ0v) is 19.2. The third-order valence-electron chi connectivity index (χ3n) is 6.49. The summed E-state index contributed by atoms with van der Waals surface area (Å²) in [5.41, 5.74) is -0.606. The highest BCUT2D eigenvalue weighted by atomic mass is 35.5. The number of ether oxygens (including phenoxy) is 2. The Morgan fingerprint density at radius 3 is 2.44 bits per heavy atom. The predicted octanol–water partition coefficient (Wildman–Crippen LogP) is 3.44. The molecule has 0 spiro atoms. The maximum atomic E-state index is 13.7. The van der Waals surface area contributed by atoms with Gasteiger partial charge in [0.05, 0.1) is 16.1 Å². The van der Waals surface area contributed by atoms with Crippen LogP contribution in [0.2, 0.25) is 10.0 Å². The van der Waals surface area contributed by atoms with Gasteiger partial charge in [0.25, 0.3) is 11.8 Å². The second-order valence-electron chi connectivity index (χ2n) is 9.16. The van der Waals surface area contributed by atoms with E-state index in [0.717, 1.165) is 12.1 Å². The lowest BCUT2D eigenvalue weighted by Gasteiger charge is -2.70. The van der Waals surface area contributed by atoms with E-state index in [1.807, 2.05) is 0 Å². The molecule has 3 saturated carbocycles. The van der Waals surface area contributed by atoms with E-state index in [-0.39, 0.29) is 46.0 Å². The van der Waals surface area contributed by atoms with E-state index < -0.39 is 40.8 Å². The lowest BCUT2D eigenvalue weighted by atomic mass is 9.44. The first-order valence-electron chi connectivity index (χ1n) is 10.6. The number of halogens is 4. The summed E-state index contributed by atoms with van der Waals surface area (Å²) in [6.45, 7) is -0.279. The average Bonchev–Trinajstić information content (AvgIpc) is 2.73. The zero-order chi connectivity index (χ0) is 24.3. The van der Waals surface area contributed by atoms with Gasteiger partial charge in [0.1, 0.15) is 23.1 Å². The van der Waals surface area contributed by atoms with E-state index in [2.05, 4.69) is 10.6 Å². The second-order valence-corrected chi connectivity index (χ2v) is 9.97. The first-order chi connectivity index (χ1) is 16.1. The van der Waals surface area contributed by atoms with E-state index in [9.17, 15) is 23.5 Å². The molecule has 11 heteroatoms. The minimum Gasteiger partial charge on any atom is -0.484 e. The molecule has 2 bridgehead atoms. The van der Waals surface area contributed by atoms with E-state index >= 15 is 0 Å². The van der Waals surface area contributed by atoms with Crippen LogP contribution in [0.25, 0.3) is 0 Å². The summed E-state index contributed by atoms with van der Waals surface area (Å²) in [5.74, 6) is -1.68. The highest BCUT2D eigenvalue weighted by Gasteiger charge is 2.69. The van der Waals surface area contributed by atoms with Crippen LogP contribution in [-0.4, -0.2) is 40.7 Å². The summed E-state index contributed by atoms with van der Waals surface area (Å²) in [6, 6.07) is 6.28. The largest absolute Gasteiger partial charge is 0.484 e. The standard InChI is InChI=1S/C23H20Cl2F2N2O5/c24-13-2-1-11(3-15(13)26)33-7-20(31)28-22-8-23(9-22,10-22)29-21(32)19-6-17(30)12-4-16(27)14(25)5-18(12)34-19/h1-5,17,19,30H,6-10H2,(H,28,31)(H,29,32). The molecule has 3 N–H and O–H groups in total. The minimum atomic E-state index is -1.06. The number of hydrogen-bond donors (Lipinski definition) is 3. The number of nitrogens with one attached hydrogen (secondary N) is 2. The maximum absolute atomic E-state index is 13.7. The van der Waals surface area contributed by atoms with E-state index in [1.165, 1.54) is 18.2 Å². The maximum Gasteiger partial charge on any atom is 0.261 e. The molecule has 2 unspecified atom stereocenters. The Morgan fingerprint density at radius 1 is 1.06 bits per heavy atom. The second kappa shape index (κ2) is 8.25. The van der Waals surface area contributed by atoms with E-state index in [4.69, 9.17) is 32.7 Å². The van der Waals surface area contributed by atoms with Crippen LogP contribution in [0.4, 0.5) is 8.78 Å². The van der Waals surface area contributed by atoms with E-state index in [0.29, 0.717) is 19.3 Å². The molecule has 2 amide bonds. The van der Waals surface area contributed by atoms with Gasteiger partial charge in [-0.25, -0.2) is 8.78 Å². The predicted molar refractivity (Wildman–Crippen MR) is 118 cm³/mol. The molecule has 3 aliphatic carbocycles. The van der Waals surface area contributed by atoms with Crippen molar-refractivity contribution < 1.29 is 33.0 Å². The van der Waals surface area contributed by atoms with Gasteiger partial charge in [-0.1, -0.05) is 23.2 Å². The number of rotatable bonds is 6. The number of benzene rings is 2. The van der Waals surface area contributed by atoms with Crippen LogP contribution in [0.5, 0.6) is 11.5 Å². The van der Waals surface area contributed by atoms with Crippen molar-refractivity contribution in [3.8, 4) is 11.5 Å². The van der Waals surface area contributed by atoms with Crippen molar-refractivity contribution in [2.24, 2.45) is 0 Å². The Balaban J connectivity index is 1.11. The summed E-state index contributed by atoms with van der Waals surface area (Å²) in [6.07, 6.45) is -0.363. The molecule has 0 radical (unpaired) electrons. The van der Waals surface area contributed by atoms with Gasteiger partial charge >= 0.3 is 0 Å². The quantitative estimate of drug-likeness (QED) is 0.550. The minimum absolute atomic E-state index is 0.0134. The number of fused-ring (bicyclic) bond motifs is 1. The van der Waals surface area contributed by atoms with E-state index in [1.54, 1.807) is 0 Å². The van der Waals surface area contributed by atoms with Crippen LogP contribution < -0.4 is 20.1 Å². The molecule has 3 fully saturated rings. The number of hydrogen-bond acceptors (Lipinski definition) is 5. The van der Waals surface area contributed by atoms with Crippen molar-refractivity contribution >= 4 is 35.0 Å². The van der Waals surface area contributed by atoms with Gasteiger partial charge in [-0.15, -0.1) is 0 Å². The van der Waals surface area contributed by atoms with Crippen LogP contribution in [0.15, 0.2) is 30.3 Å². The van der Waals surface area contributed by atoms with Crippen LogP contribution >= 0.6 is 23.2 Å². The third-order valence-corrected chi connectivity index (χ3v) is 7.09. The molecule has 34 heavy (non-hydrogen) atoms. The van der Waals surface area contributed by atoms with Gasteiger partial charge in [-0.2, -0.15) is 0 Å². The Labute approximate surface area is 203 Å². The molecular weight excluding hydrogens is 493 g/mol. The summed E-state index contributed by atoms with van der Waals surface area (Å²) >= 11 is 11.4. The number of carbonyl (C=O) groups is 2. The Kier molecular flexibility index (Phi) is 5.61. The molecule has 6 rings (SSSR count). The lowest BCUT2D eigenvalue weighted by molar-refractivity contribution is -0.155. The lowest BCUT2D eigenvalue weighted by Crippen LogP contribution is -2.84. The molecule has 4 aliphatic rings. The van der Waals surface area contributed by atoms with Gasteiger partial charge in [0, 0.05) is 35.2 Å². The van der Waals surface area contributed by atoms with Crippen molar-refractivity contribution in [2.45, 2.75) is 49.0 Å². The van der Waals surface area contributed by atoms with Crippen LogP contribution in [0.3, 0.4) is 0 Å². The van der Waals surface area contributed by atoms with Crippen molar-refractivity contribution in [2.75, 3.05) is 6.61 Å². The summed E-state index contributed by atoms with van der Waals surface area (Å²) < 4.78 is 38.1. The molecule has 2 aromatic carbocycles. The molecule has 1 aliphatic heterocycles. The molecule has 2 aromatic rings. The fourth-order valence-electron chi connectivity index (χ4n) is 5.04. The number of aliphatic hydroxyl groups is 1. The van der Waals surface area contributed by atoms with Crippen molar-refractivity contribution in [1.29, 1.82) is 0 Å². The molecule has 0 aromatic heterocycles. The highest BCUT2D eigenvalue weighted by molar-refractivity contribution is 6.31. The molecule has 7 nitrogen and oxygen atoms in total. The summed E-state index contributed by atoms with van der Waals surface area (Å²) in [5, 5.41) is 16.0. The Hall–Kier alpha value is -2.62. The van der Waals surface area contributed by atoms with Crippen molar-refractivity contribution in [3.05, 3.63) is 57.6 Å². The molecule has 0 saturated heterocycles. The van der Waals surface area contributed by atoms with Crippen molar-refractivity contribution in [1.82, 2.24) is 10.6 Å². The average molecular weight is 513 g/mol. The SMILES string of the molecule is O=C(COc1ccc(Cl)c(F)c1)NC12CC(NC(=O)C3CC(O)c4cc(F)c(Cl)cc4O3)(C1)C2. The van der Waals surface area contributed by atoms with Crippen LogP contribution in [0, 0.1) is 11.6 Å². The summed E-state index contributed by atoms with van der Waals surface area (Å²) in [7, 11) is 0. The first kappa shape index (κ1) is 23.1. The molecule has 180 valence electrons. The highest BCUT2D eigenvalue weighted by Crippen LogP contribution is 2.60. The molecule has 1 heterocycles. The van der Waals surface area contributed by atoms with Gasteiger partial charge in [-0.3, -0.25) is 9.59 Å². The van der Waals surface area contributed by atoms with Gasteiger partial charge in [-0.05, 0) is 37.5 Å². The Morgan fingerprint density at radius 2 is 1.74 bits per heavy atom. The number of carbonyl (C=O) groups excluding carboxylic acids is 2. The van der Waals surface area contributed by atoms with Gasteiger partial charge in [0.15, 0.2) is 12.7 Å². The van der Waals surface area contributed by atoms with Gasteiger partial charge < -0.3 is 25.2 Å². The first-order valence-corrected chi connectivity index (χ1v) is 11.4. The monoisotopic (exact) mass is 512 g/mol.